The number of carbonyl (C=O) groups excluding carboxylic acids is 2. The molecular formula is C20H20Cl2N2O3. The van der Waals surface area contributed by atoms with Crippen LogP contribution in [0.4, 0.5) is 10.5 Å². The molecular weight excluding hydrogens is 387 g/mol. The molecule has 0 aliphatic carbocycles. The standard InChI is InChI=1S/C20H20Cl2N2O3/c1-20(18(25)23-17-15(21)9-5-10-16(17)22)11-6-12-24(20)19(26)27-13-14-7-3-2-4-8-14/h2-5,7-10H,6,11-13H2,1H3,(H,23,25). The van der Waals surface area contributed by atoms with Crippen LogP contribution in [0.15, 0.2) is 48.5 Å². The largest absolute Gasteiger partial charge is 0.445 e. The zero-order chi connectivity index (χ0) is 19.4. The number of para-hydroxylation sites is 1. The molecule has 5 nitrogen and oxygen atoms in total. The monoisotopic (exact) mass is 406 g/mol. The summed E-state index contributed by atoms with van der Waals surface area (Å²) in [5.41, 5.74) is 0.201. The molecule has 0 spiro atoms. The maximum Gasteiger partial charge on any atom is 0.410 e. The van der Waals surface area contributed by atoms with Crippen LogP contribution in [0.2, 0.25) is 10.0 Å². The molecule has 2 aromatic rings. The molecule has 1 saturated heterocycles. The van der Waals surface area contributed by atoms with Crippen molar-refractivity contribution >= 4 is 40.9 Å². The average molecular weight is 407 g/mol. The van der Waals surface area contributed by atoms with Crippen LogP contribution in [0.3, 0.4) is 0 Å². The molecule has 0 bridgehead atoms. The molecule has 0 radical (unpaired) electrons. The number of hydrogen-bond donors (Lipinski definition) is 1. The van der Waals surface area contributed by atoms with Gasteiger partial charge >= 0.3 is 6.09 Å². The molecule has 1 unspecified atom stereocenters. The van der Waals surface area contributed by atoms with Crippen LogP contribution in [0.5, 0.6) is 0 Å². The molecule has 7 heteroatoms. The van der Waals surface area contributed by atoms with Crippen molar-refractivity contribution in [1.82, 2.24) is 4.90 Å². The van der Waals surface area contributed by atoms with Gasteiger partial charge in [-0.2, -0.15) is 0 Å². The van der Waals surface area contributed by atoms with E-state index in [4.69, 9.17) is 27.9 Å². The van der Waals surface area contributed by atoms with E-state index in [1.807, 2.05) is 30.3 Å². The molecule has 2 amide bonds. The second-order valence-electron chi connectivity index (χ2n) is 6.62. The Morgan fingerprint density at radius 1 is 1.11 bits per heavy atom. The van der Waals surface area contributed by atoms with E-state index >= 15 is 0 Å². The lowest BCUT2D eigenvalue weighted by molar-refractivity contribution is -0.125. The molecule has 1 aliphatic heterocycles. The highest BCUT2D eigenvalue weighted by atomic mass is 35.5. The third-order valence-electron chi connectivity index (χ3n) is 4.76. The van der Waals surface area contributed by atoms with E-state index in [9.17, 15) is 9.59 Å². The Balaban J connectivity index is 1.71. The van der Waals surface area contributed by atoms with Crippen molar-refractivity contribution in [2.75, 3.05) is 11.9 Å². The maximum absolute atomic E-state index is 13.0. The first kappa shape index (κ1) is 19.5. The third-order valence-corrected chi connectivity index (χ3v) is 5.39. The molecule has 1 N–H and O–H groups in total. The highest BCUT2D eigenvalue weighted by Gasteiger charge is 2.46. The fourth-order valence-electron chi connectivity index (χ4n) is 3.15. The van der Waals surface area contributed by atoms with E-state index in [0.29, 0.717) is 35.1 Å². The summed E-state index contributed by atoms with van der Waals surface area (Å²) in [6, 6.07) is 14.4. The van der Waals surface area contributed by atoms with E-state index in [-0.39, 0.29) is 12.5 Å². The van der Waals surface area contributed by atoms with Gasteiger partial charge in [0.2, 0.25) is 5.91 Å². The van der Waals surface area contributed by atoms with E-state index in [0.717, 1.165) is 5.56 Å². The Kier molecular flexibility index (Phi) is 5.92. The van der Waals surface area contributed by atoms with E-state index < -0.39 is 11.6 Å². The van der Waals surface area contributed by atoms with E-state index in [1.165, 1.54) is 4.90 Å². The highest BCUT2D eigenvalue weighted by molar-refractivity contribution is 6.39. The number of nitrogens with one attached hydrogen (secondary N) is 1. The van der Waals surface area contributed by atoms with Crippen LogP contribution in [-0.4, -0.2) is 29.0 Å². The van der Waals surface area contributed by atoms with Gasteiger partial charge in [-0.25, -0.2) is 4.79 Å². The van der Waals surface area contributed by atoms with Crippen LogP contribution >= 0.6 is 23.2 Å². The number of benzene rings is 2. The predicted octanol–water partition coefficient (Wildman–Crippen LogP) is 5.12. The number of nitrogens with zero attached hydrogens (tertiary/aromatic N) is 1. The zero-order valence-electron chi connectivity index (χ0n) is 14.9. The smallest absolute Gasteiger partial charge is 0.410 e. The van der Waals surface area contributed by atoms with E-state index in [2.05, 4.69) is 5.32 Å². The van der Waals surface area contributed by atoms with Crippen molar-refractivity contribution in [1.29, 1.82) is 0 Å². The number of anilines is 1. The van der Waals surface area contributed by atoms with Crippen molar-refractivity contribution in [3.05, 3.63) is 64.1 Å². The zero-order valence-corrected chi connectivity index (χ0v) is 16.4. The summed E-state index contributed by atoms with van der Waals surface area (Å²) in [5, 5.41) is 3.45. The molecule has 27 heavy (non-hydrogen) atoms. The van der Waals surface area contributed by atoms with Gasteiger partial charge in [0.1, 0.15) is 12.1 Å². The summed E-state index contributed by atoms with van der Waals surface area (Å²) in [4.78, 5) is 27.0. The van der Waals surface area contributed by atoms with Crippen LogP contribution in [0, 0.1) is 0 Å². The SMILES string of the molecule is CC1(C(=O)Nc2c(Cl)cccc2Cl)CCCN1C(=O)OCc1ccccc1. The minimum atomic E-state index is -1.03. The minimum absolute atomic E-state index is 0.157. The Bertz CT molecular complexity index is 824. The normalized spacial score (nSPS) is 19.0. The maximum atomic E-state index is 13.0. The van der Waals surface area contributed by atoms with Gasteiger partial charge in [-0.05, 0) is 37.5 Å². The second kappa shape index (κ2) is 8.19. The minimum Gasteiger partial charge on any atom is -0.445 e. The Labute approximate surface area is 168 Å². The van der Waals surface area contributed by atoms with Crippen LogP contribution in [0.1, 0.15) is 25.3 Å². The van der Waals surface area contributed by atoms with Crippen molar-refractivity contribution < 1.29 is 14.3 Å². The summed E-state index contributed by atoms with van der Waals surface area (Å²) >= 11 is 12.3. The highest BCUT2D eigenvalue weighted by Crippen LogP contribution is 2.34. The topological polar surface area (TPSA) is 58.6 Å². The number of carbonyl (C=O) groups is 2. The van der Waals surface area contributed by atoms with E-state index in [1.54, 1.807) is 25.1 Å². The van der Waals surface area contributed by atoms with Gasteiger partial charge in [0, 0.05) is 6.54 Å². The molecule has 1 atom stereocenters. The first-order chi connectivity index (χ1) is 12.9. The summed E-state index contributed by atoms with van der Waals surface area (Å²) in [7, 11) is 0. The summed E-state index contributed by atoms with van der Waals surface area (Å²) in [5.74, 6) is -0.341. The first-order valence-corrected chi connectivity index (χ1v) is 9.41. The fraction of sp³-hybridized carbons (Fsp3) is 0.300. The molecule has 2 aromatic carbocycles. The Morgan fingerprint density at radius 3 is 2.44 bits per heavy atom. The quantitative estimate of drug-likeness (QED) is 0.765. The van der Waals surface area contributed by atoms with Gasteiger partial charge in [0.25, 0.3) is 0 Å². The van der Waals surface area contributed by atoms with Crippen molar-refractivity contribution in [3.63, 3.8) is 0 Å². The number of likely N-dealkylation sites (tertiary alicyclic amines) is 1. The van der Waals surface area contributed by atoms with Crippen molar-refractivity contribution in [2.45, 2.75) is 31.9 Å². The molecule has 3 rings (SSSR count). The first-order valence-electron chi connectivity index (χ1n) is 8.65. The lowest BCUT2D eigenvalue weighted by Crippen LogP contribution is -2.53. The number of amides is 2. The fourth-order valence-corrected chi connectivity index (χ4v) is 3.65. The Hall–Kier alpha value is -2.24. The van der Waals surface area contributed by atoms with Gasteiger partial charge in [0.05, 0.1) is 15.7 Å². The summed E-state index contributed by atoms with van der Waals surface area (Å²) in [6.07, 6.45) is 0.723. The number of ether oxygens (including phenoxy) is 1. The second-order valence-corrected chi connectivity index (χ2v) is 7.43. The Morgan fingerprint density at radius 2 is 1.78 bits per heavy atom. The molecule has 1 heterocycles. The summed E-state index contributed by atoms with van der Waals surface area (Å²) < 4.78 is 5.41. The van der Waals surface area contributed by atoms with Gasteiger partial charge < -0.3 is 10.1 Å². The van der Waals surface area contributed by atoms with Gasteiger partial charge in [-0.1, -0.05) is 59.6 Å². The lowest BCUT2D eigenvalue weighted by atomic mass is 9.98. The van der Waals surface area contributed by atoms with Crippen molar-refractivity contribution in [2.24, 2.45) is 0 Å². The van der Waals surface area contributed by atoms with Crippen LogP contribution in [0.25, 0.3) is 0 Å². The number of rotatable bonds is 4. The molecule has 1 aliphatic rings. The van der Waals surface area contributed by atoms with Crippen molar-refractivity contribution in [3.8, 4) is 0 Å². The molecule has 142 valence electrons. The number of halogens is 2. The molecule has 0 aromatic heterocycles. The third kappa shape index (κ3) is 4.20. The van der Waals surface area contributed by atoms with Gasteiger partial charge in [-0.3, -0.25) is 9.69 Å². The summed E-state index contributed by atoms with van der Waals surface area (Å²) in [6.45, 7) is 2.34. The predicted molar refractivity (Wildman–Crippen MR) is 106 cm³/mol. The molecule has 0 saturated carbocycles. The lowest BCUT2D eigenvalue weighted by Gasteiger charge is -2.33. The number of hydrogen-bond acceptors (Lipinski definition) is 3. The van der Waals surface area contributed by atoms with Gasteiger partial charge in [0.15, 0.2) is 0 Å². The average Bonchev–Trinajstić information content (AvgIpc) is 3.06. The van der Waals surface area contributed by atoms with Gasteiger partial charge in [-0.15, -0.1) is 0 Å². The van der Waals surface area contributed by atoms with Crippen LogP contribution < -0.4 is 5.32 Å². The van der Waals surface area contributed by atoms with Crippen LogP contribution in [-0.2, 0) is 16.1 Å². The molecule has 1 fully saturated rings.